The van der Waals surface area contributed by atoms with Gasteiger partial charge < -0.3 is 42.2 Å². The highest BCUT2D eigenvalue weighted by molar-refractivity contribution is 7.41. The molecule has 278 valence electrons. The molecular weight excluding hydrogens is 695 g/mol. The molecule has 0 amide bonds. The van der Waals surface area contributed by atoms with E-state index in [0.29, 0.717) is 0 Å². The number of hydrogen-bond donors (Lipinski definition) is 0. The van der Waals surface area contributed by atoms with Gasteiger partial charge in [0.15, 0.2) is 18.3 Å². The van der Waals surface area contributed by atoms with Gasteiger partial charge in [-0.2, -0.15) is 0 Å². The lowest BCUT2D eigenvalue weighted by Gasteiger charge is -2.47. The summed E-state index contributed by atoms with van der Waals surface area (Å²) < 4.78 is 56.8. The Bertz CT molecular complexity index is 1440. The Kier molecular flexibility index (Phi) is 15.9. The number of carbonyl (C=O) groups excluding carboxylic acids is 6. The summed E-state index contributed by atoms with van der Waals surface area (Å²) in [7, 11) is -1.49. The Morgan fingerprint density at radius 3 is 1.73 bits per heavy atom. The van der Waals surface area contributed by atoms with Crippen LogP contribution in [-0.2, 0) is 88.7 Å². The number of rotatable bonds is 17. The highest BCUT2D eigenvalue weighted by Gasteiger charge is 2.61. The molecule has 17 heteroatoms. The van der Waals surface area contributed by atoms with E-state index in [-0.39, 0.29) is 13.2 Å². The van der Waals surface area contributed by atoms with Crippen LogP contribution in [0.25, 0.3) is 0 Å². The van der Waals surface area contributed by atoms with Gasteiger partial charge in [-0.1, -0.05) is 60.7 Å². The number of hydrogen-bond acceptors (Lipinski definition) is 16. The van der Waals surface area contributed by atoms with E-state index in [1.54, 1.807) is 48.5 Å². The summed E-state index contributed by atoms with van der Waals surface area (Å²) in [4.78, 5) is 75.2. The minimum atomic E-state index is -2.56. The average molecular weight is 737 g/mol. The molecule has 0 aromatic heterocycles. The van der Waals surface area contributed by atoms with Crippen molar-refractivity contribution in [3.8, 4) is 0 Å². The molecule has 4 unspecified atom stereocenters. The molecule has 0 N–H and O–H groups in total. The lowest BCUT2D eigenvalue weighted by molar-refractivity contribution is -0.311. The average Bonchev–Trinajstić information content (AvgIpc) is 3.07. The molecular formula is C34H41O16P. The fraction of sp³-hybridized carbons (Fsp3) is 0.471. The summed E-state index contributed by atoms with van der Waals surface area (Å²) in [5.74, 6) is -8.09. The standard InChI is InChI=1S/C34H41O16P/c1-21(35)42-20-29(46-23(3)37)31(48-25(5)39)32-30(47-24(4)38)28(45-22(2)36)17-34(49-32,33(40)41-6)50-51(43-18-26-13-9-7-10-14-26)44-19-27-15-11-8-12-16-27/h7-16,28-32H,17-20H2,1-6H3/t28?,29-,30?,31-,32?,34?/m0/s1. The SMILES string of the molecule is COC(=O)C1(OP(OCc2ccccc2)OCc2ccccc2)CC(OC(C)=O)C(OC(C)=O)C([C@@H](OC(C)=O)[C@H](COC(C)=O)OC(C)=O)O1. The normalized spacial score (nSPS) is 21.0. The predicted octanol–water partition coefficient (Wildman–Crippen LogP) is 3.61. The Hall–Kier alpha value is -4.47. The fourth-order valence-electron chi connectivity index (χ4n) is 4.99. The summed E-state index contributed by atoms with van der Waals surface area (Å²) in [6.45, 7) is 4.52. The topological polar surface area (TPSA) is 195 Å². The van der Waals surface area contributed by atoms with E-state index in [4.69, 9.17) is 46.7 Å². The highest BCUT2D eigenvalue weighted by Crippen LogP contribution is 2.50. The molecule has 0 saturated carbocycles. The molecule has 1 aliphatic rings. The summed E-state index contributed by atoms with van der Waals surface area (Å²) in [6, 6.07) is 18.0. The molecule has 0 aliphatic carbocycles. The number of ether oxygens (including phenoxy) is 7. The first kappa shape index (κ1) is 41.0. The Balaban J connectivity index is 2.17. The van der Waals surface area contributed by atoms with Crippen molar-refractivity contribution in [2.24, 2.45) is 0 Å². The van der Waals surface area contributed by atoms with Gasteiger partial charge in [-0.25, -0.2) is 4.79 Å². The molecule has 1 aliphatic heterocycles. The second-order valence-corrected chi connectivity index (χ2v) is 12.3. The fourth-order valence-corrected chi connectivity index (χ4v) is 6.11. The van der Waals surface area contributed by atoms with Gasteiger partial charge >= 0.3 is 44.4 Å². The van der Waals surface area contributed by atoms with Crippen molar-refractivity contribution in [2.75, 3.05) is 13.7 Å². The molecule has 16 nitrogen and oxygen atoms in total. The van der Waals surface area contributed by atoms with Crippen molar-refractivity contribution in [3.05, 3.63) is 71.8 Å². The van der Waals surface area contributed by atoms with Crippen LogP contribution in [0, 0.1) is 0 Å². The van der Waals surface area contributed by atoms with Crippen LogP contribution >= 0.6 is 8.60 Å². The van der Waals surface area contributed by atoms with Crippen LogP contribution in [0.3, 0.4) is 0 Å². The molecule has 51 heavy (non-hydrogen) atoms. The third-order valence-corrected chi connectivity index (χ3v) is 8.07. The van der Waals surface area contributed by atoms with Gasteiger partial charge in [0.1, 0.15) is 18.8 Å². The smallest absolute Gasteiger partial charge is 0.367 e. The van der Waals surface area contributed by atoms with Gasteiger partial charge in [-0.05, 0) is 11.1 Å². The zero-order valence-electron chi connectivity index (χ0n) is 29.0. The summed E-state index contributed by atoms with van der Waals surface area (Å²) >= 11 is 0. The molecule has 1 heterocycles. The number of methoxy groups -OCH3 is 1. The quantitative estimate of drug-likeness (QED) is 0.130. The van der Waals surface area contributed by atoms with Gasteiger partial charge in [0.25, 0.3) is 5.79 Å². The number of esters is 6. The van der Waals surface area contributed by atoms with Crippen molar-refractivity contribution in [1.29, 1.82) is 0 Å². The van der Waals surface area contributed by atoms with E-state index in [1.165, 1.54) is 0 Å². The molecule has 2 aromatic rings. The van der Waals surface area contributed by atoms with Crippen molar-refractivity contribution in [2.45, 2.75) is 90.6 Å². The summed E-state index contributed by atoms with van der Waals surface area (Å²) in [6.07, 6.45) is -8.98. The van der Waals surface area contributed by atoms with E-state index >= 15 is 0 Å². The zero-order valence-corrected chi connectivity index (χ0v) is 29.9. The van der Waals surface area contributed by atoms with Crippen LogP contribution in [0.4, 0.5) is 0 Å². The largest absolute Gasteiger partial charge is 0.465 e. The maximum Gasteiger partial charge on any atom is 0.367 e. The van der Waals surface area contributed by atoms with Crippen LogP contribution < -0.4 is 0 Å². The second kappa shape index (κ2) is 19.8. The highest BCUT2D eigenvalue weighted by atomic mass is 31.2. The lowest BCUT2D eigenvalue weighted by Crippen LogP contribution is -2.66. The van der Waals surface area contributed by atoms with E-state index < -0.39 is 93.8 Å². The van der Waals surface area contributed by atoms with Gasteiger partial charge in [-0.3, -0.25) is 28.5 Å². The van der Waals surface area contributed by atoms with Gasteiger partial charge in [-0.15, -0.1) is 0 Å². The van der Waals surface area contributed by atoms with Crippen molar-refractivity contribution in [3.63, 3.8) is 0 Å². The van der Waals surface area contributed by atoms with Crippen molar-refractivity contribution in [1.82, 2.24) is 0 Å². The first-order valence-electron chi connectivity index (χ1n) is 15.6. The lowest BCUT2D eigenvalue weighted by atomic mass is 9.90. The molecule has 2 aromatic carbocycles. The maximum atomic E-state index is 13.8. The van der Waals surface area contributed by atoms with E-state index in [9.17, 15) is 28.8 Å². The minimum Gasteiger partial charge on any atom is -0.465 e. The third-order valence-electron chi connectivity index (χ3n) is 6.94. The maximum absolute atomic E-state index is 13.8. The molecule has 0 bridgehead atoms. The Morgan fingerprint density at radius 2 is 1.27 bits per heavy atom. The Labute approximate surface area is 295 Å². The molecule has 6 atom stereocenters. The zero-order chi connectivity index (χ0) is 37.6. The van der Waals surface area contributed by atoms with Gasteiger partial charge in [0.2, 0.25) is 0 Å². The number of benzene rings is 2. The molecule has 1 fully saturated rings. The molecule has 1 saturated heterocycles. The number of carbonyl (C=O) groups is 6. The summed E-state index contributed by atoms with van der Waals surface area (Å²) in [5, 5.41) is 0. The molecule has 3 rings (SSSR count). The van der Waals surface area contributed by atoms with Crippen LogP contribution in [0.5, 0.6) is 0 Å². The summed E-state index contributed by atoms with van der Waals surface area (Å²) in [5.41, 5.74) is 1.45. The minimum absolute atomic E-state index is 0.0432. The predicted molar refractivity (Wildman–Crippen MR) is 174 cm³/mol. The van der Waals surface area contributed by atoms with Crippen molar-refractivity contribution >= 4 is 44.4 Å². The monoisotopic (exact) mass is 736 g/mol. The van der Waals surface area contributed by atoms with Gasteiger partial charge in [0, 0.05) is 34.6 Å². The third kappa shape index (κ3) is 13.0. The first-order chi connectivity index (χ1) is 24.2. The van der Waals surface area contributed by atoms with E-state index in [0.717, 1.165) is 52.9 Å². The van der Waals surface area contributed by atoms with Crippen LogP contribution in [0.1, 0.15) is 52.2 Å². The van der Waals surface area contributed by atoms with E-state index in [1.807, 2.05) is 12.1 Å². The van der Waals surface area contributed by atoms with Crippen LogP contribution in [0.15, 0.2) is 60.7 Å². The molecule has 0 radical (unpaired) electrons. The molecule has 0 spiro atoms. The van der Waals surface area contributed by atoms with Crippen LogP contribution in [-0.4, -0.2) is 85.8 Å². The second-order valence-electron chi connectivity index (χ2n) is 11.1. The van der Waals surface area contributed by atoms with Crippen molar-refractivity contribution < 1.29 is 75.5 Å². The van der Waals surface area contributed by atoms with E-state index in [2.05, 4.69) is 0 Å². The Morgan fingerprint density at radius 1 is 0.745 bits per heavy atom. The first-order valence-corrected chi connectivity index (χ1v) is 16.7. The van der Waals surface area contributed by atoms with Crippen LogP contribution in [0.2, 0.25) is 0 Å². The van der Waals surface area contributed by atoms with Gasteiger partial charge in [0.05, 0.1) is 26.7 Å².